The van der Waals surface area contributed by atoms with E-state index < -0.39 is 94.5 Å². The van der Waals surface area contributed by atoms with Gasteiger partial charge in [0.25, 0.3) is 0 Å². The molecule has 0 amide bonds. The lowest BCUT2D eigenvalue weighted by Gasteiger charge is -2.33. The molecule has 2 atom stereocenters. The molecule has 176 valence electrons. The molecule has 0 aliphatic heterocycles. The lowest BCUT2D eigenvalue weighted by atomic mass is 9.90. The highest BCUT2D eigenvalue weighted by atomic mass is 19.2. The molecular formula is C20H16F10N2. The Kier molecular flexibility index (Phi) is 7.33. The van der Waals surface area contributed by atoms with E-state index in [2.05, 4.69) is 10.6 Å². The summed E-state index contributed by atoms with van der Waals surface area (Å²) in [6.07, 6.45) is 1.97. The third-order valence-electron chi connectivity index (χ3n) is 5.45. The Morgan fingerprint density at radius 2 is 0.688 bits per heavy atom. The van der Waals surface area contributed by atoms with E-state index >= 15 is 0 Å². The van der Waals surface area contributed by atoms with E-state index in [1.807, 2.05) is 0 Å². The van der Waals surface area contributed by atoms with Crippen LogP contribution in [0.1, 0.15) is 36.8 Å². The van der Waals surface area contributed by atoms with Gasteiger partial charge in [-0.25, -0.2) is 43.9 Å². The van der Waals surface area contributed by atoms with Gasteiger partial charge in [-0.05, 0) is 12.8 Å². The zero-order chi connectivity index (χ0) is 23.7. The first kappa shape index (κ1) is 24.3. The van der Waals surface area contributed by atoms with Crippen LogP contribution in [0.4, 0.5) is 43.9 Å². The van der Waals surface area contributed by atoms with E-state index in [1.54, 1.807) is 0 Å². The molecule has 1 aliphatic rings. The van der Waals surface area contributed by atoms with E-state index in [0.29, 0.717) is 25.7 Å². The smallest absolute Gasteiger partial charge is 0.200 e. The summed E-state index contributed by atoms with van der Waals surface area (Å²) in [4.78, 5) is 0. The average molecular weight is 474 g/mol. The molecule has 32 heavy (non-hydrogen) atoms. The maximum absolute atomic E-state index is 13.9. The van der Waals surface area contributed by atoms with Gasteiger partial charge in [-0.1, -0.05) is 12.8 Å². The molecule has 0 bridgehead atoms. The average Bonchev–Trinajstić information content (AvgIpc) is 2.79. The zero-order valence-corrected chi connectivity index (χ0v) is 16.2. The van der Waals surface area contributed by atoms with E-state index in [0.717, 1.165) is 0 Å². The molecule has 2 aromatic rings. The van der Waals surface area contributed by atoms with Crippen molar-refractivity contribution in [3.8, 4) is 0 Å². The molecule has 2 aromatic carbocycles. The van der Waals surface area contributed by atoms with Gasteiger partial charge in [0.1, 0.15) is 0 Å². The van der Waals surface area contributed by atoms with Crippen molar-refractivity contribution in [2.75, 3.05) is 0 Å². The van der Waals surface area contributed by atoms with Crippen LogP contribution in [0.25, 0.3) is 0 Å². The quantitative estimate of drug-likeness (QED) is 0.339. The summed E-state index contributed by atoms with van der Waals surface area (Å²) in [5.41, 5.74) is -2.16. The molecule has 1 fully saturated rings. The van der Waals surface area contributed by atoms with Crippen LogP contribution in [-0.4, -0.2) is 12.1 Å². The van der Waals surface area contributed by atoms with Gasteiger partial charge in [0.05, 0.1) is 0 Å². The number of halogens is 10. The monoisotopic (exact) mass is 474 g/mol. The van der Waals surface area contributed by atoms with Crippen molar-refractivity contribution in [1.82, 2.24) is 10.6 Å². The van der Waals surface area contributed by atoms with Crippen LogP contribution in [0, 0.1) is 58.2 Å². The second-order valence-electron chi connectivity index (χ2n) is 7.36. The number of nitrogens with one attached hydrogen (secondary N) is 2. The fourth-order valence-electron chi connectivity index (χ4n) is 3.70. The first-order valence-electron chi connectivity index (χ1n) is 9.53. The minimum atomic E-state index is -2.29. The van der Waals surface area contributed by atoms with Gasteiger partial charge in [-0.3, -0.25) is 0 Å². The summed E-state index contributed by atoms with van der Waals surface area (Å²) in [6, 6.07) is -1.28. The normalized spacial score (nSPS) is 18.9. The Bertz CT molecular complexity index is 887. The summed E-state index contributed by atoms with van der Waals surface area (Å²) in [6.45, 7) is -1.48. The fourth-order valence-corrected chi connectivity index (χ4v) is 3.70. The fraction of sp³-hybridized carbons (Fsp3) is 0.400. The molecule has 0 spiro atoms. The highest BCUT2D eigenvalue weighted by Crippen LogP contribution is 2.26. The van der Waals surface area contributed by atoms with Gasteiger partial charge in [-0.15, -0.1) is 0 Å². The highest BCUT2D eigenvalue weighted by Gasteiger charge is 2.30. The van der Waals surface area contributed by atoms with Crippen molar-refractivity contribution in [2.24, 2.45) is 0 Å². The van der Waals surface area contributed by atoms with Crippen LogP contribution in [0.15, 0.2) is 0 Å². The third-order valence-corrected chi connectivity index (χ3v) is 5.45. The first-order valence-corrected chi connectivity index (χ1v) is 9.53. The van der Waals surface area contributed by atoms with Gasteiger partial charge in [0, 0.05) is 36.3 Å². The summed E-state index contributed by atoms with van der Waals surface area (Å²) < 4.78 is 135. The molecule has 0 saturated heterocycles. The van der Waals surface area contributed by atoms with Crippen LogP contribution in [0.3, 0.4) is 0 Å². The van der Waals surface area contributed by atoms with Crippen molar-refractivity contribution in [3.63, 3.8) is 0 Å². The molecule has 2 N–H and O–H groups in total. The minimum absolute atomic E-state index is 0.365. The Morgan fingerprint density at radius 3 is 0.969 bits per heavy atom. The molecule has 0 heterocycles. The summed E-state index contributed by atoms with van der Waals surface area (Å²) >= 11 is 0. The van der Waals surface area contributed by atoms with E-state index in [4.69, 9.17) is 0 Å². The topological polar surface area (TPSA) is 24.1 Å². The summed E-state index contributed by atoms with van der Waals surface area (Å²) in [5, 5.41) is 5.29. The Morgan fingerprint density at radius 1 is 0.438 bits per heavy atom. The van der Waals surface area contributed by atoms with Crippen LogP contribution in [-0.2, 0) is 13.1 Å². The molecule has 0 radical (unpaired) electrons. The molecule has 0 unspecified atom stereocenters. The first-order chi connectivity index (χ1) is 15.1. The Labute approximate surface area is 175 Å². The maximum atomic E-state index is 13.9. The van der Waals surface area contributed by atoms with Crippen molar-refractivity contribution < 1.29 is 43.9 Å². The molecule has 3 rings (SSSR count). The van der Waals surface area contributed by atoms with Crippen LogP contribution >= 0.6 is 0 Å². The van der Waals surface area contributed by atoms with Crippen LogP contribution < -0.4 is 10.6 Å². The largest absolute Gasteiger partial charge is 0.308 e. The molecule has 1 saturated carbocycles. The van der Waals surface area contributed by atoms with Gasteiger partial charge in [-0.2, -0.15) is 0 Å². The van der Waals surface area contributed by atoms with E-state index in [9.17, 15) is 43.9 Å². The maximum Gasteiger partial charge on any atom is 0.200 e. The molecule has 12 heteroatoms. The molecule has 0 aromatic heterocycles. The third kappa shape index (κ3) is 4.42. The second kappa shape index (κ2) is 9.65. The summed E-state index contributed by atoms with van der Waals surface area (Å²) in [7, 11) is 0. The zero-order valence-electron chi connectivity index (χ0n) is 16.2. The van der Waals surface area contributed by atoms with Crippen molar-refractivity contribution >= 4 is 0 Å². The van der Waals surface area contributed by atoms with Crippen molar-refractivity contribution in [1.29, 1.82) is 0 Å². The van der Waals surface area contributed by atoms with Gasteiger partial charge in [0.2, 0.25) is 11.6 Å². The van der Waals surface area contributed by atoms with E-state index in [-0.39, 0.29) is 0 Å². The van der Waals surface area contributed by atoms with Gasteiger partial charge >= 0.3 is 0 Å². The van der Waals surface area contributed by atoms with Crippen molar-refractivity contribution in [2.45, 2.75) is 50.9 Å². The Hall–Kier alpha value is -2.34. The van der Waals surface area contributed by atoms with E-state index in [1.165, 1.54) is 0 Å². The summed E-state index contributed by atoms with van der Waals surface area (Å²) in [5.74, 6) is -20.9. The number of hydrogen-bond acceptors (Lipinski definition) is 2. The van der Waals surface area contributed by atoms with Crippen molar-refractivity contribution in [3.05, 3.63) is 69.3 Å². The highest BCUT2D eigenvalue weighted by molar-refractivity contribution is 5.25. The predicted molar refractivity (Wildman–Crippen MR) is 92.2 cm³/mol. The second-order valence-corrected chi connectivity index (χ2v) is 7.36. The van der Waals surface area contributed by atoms with Gasteiger partial charge in [0.15, 0.2) is 46.5 Å². The predicted octanol–water partition coefficient (Wildman–Crippen LogP) is 5.27. The standard InChI is InChI=1S/C20H16F10N2/c21-11-7(12(22)16(26)19(29)15(11)25)5-31-9-3-1-2-4-10(9)32-6-8-13(23)17(27)20(30)18(28)14(8)24/h9-10,31-32H,1-6H2/t9-,10-/m1/s1. The van der Waals surface area contributed by atoms with Gasteiger partial charge < -0.3 is 10.6 Å². The van der Waals surface area contributed by atoms with Crippen LogP contribution in [0.5, 0.6) is 0 Å². The minimum Gasteiger partial charge on any atom is -0.308 e. The Balaban J connectivity index is 1.75. The van der Waals surface area contributed by atoms with Crippen LogP contribution in [0.2, 0.25) is 0 Å². The lowest BCUT2D eigenvalue weighted by molar-refractivity contribution is 0.273. The molecule has 2 nitrogen and oxygen atoms in total. The SMILES string of the molecule is Fc1c(F)c(F)c(CN[C@@H]2CCCC[C@H]2NCc2c(F)c(F)c(F)c(F)c2F)c(F)c1F. The molecule has 1 aliphatic carbocycles. The number of hydrogen-bond donors (Lipinski definition) is 2. The number of benzene rings is 2. The lowest BCUT2D eigenvalue weighted by Crippen LogP contribution is -2.49. The number of rotatable bonds is 6. The molecular weight excluding hydrogens is 458 g/mol.